The fourth-order valence-corrected chi connectivity index (χ4v) is 4.75. The second-order valence-corrected chi connectivity index (χ2v) is 9.53. The number of methoxy groups -OCH3 is 2. The molecular formula is C27H34ClN3O6. The van der Waals surface area contributed by atoms with Crippen molar-refractivity contribution in [3.8, 4) is 17.2 Å². The predicted octanol–water partition coefficient (Wildman–Crippen LogP) is 2.81. The Hall–Kier alpha value is -3.01. The SMILES string of the molecule is COc1ccc(C(=O)N2CCCN(CC3CN(C(=O)COc4ccc(Cl)cc4)CCO3)CC2)cc1OC. The van der Waals surface area contributed by atoms with Gasteiger partial charge in [-0.15, -0.1) is 0 Å². The monoisotopic (exact) mass is 531 g/mol. The van der Waals surface area contributed by atoms with Gasteiger partial charge in [-0.1, -0.05) is 11.6 Å². The molecule has 0 bridgehead atoms. The Morgan fingerprint density at radius 3 is 2.49 bits per heavy atom. The Kier molecular flexibility index (Phi) is 9.49. The smallest absolute Gasteiger partial charge is 0.260 e. The molecule has 0 radical (unpaired) electrons. The number of carbonyl (C=O) groups excluding carboxylic acids is 2. The maximum Gasteiger partial charge on any atom is 0.260 e. The van der Waals surface area contributed by atoms with E-state index in [4.69, 9.17) is 30.5 Å². The second kappa shape index (κ2) is 13.0. The van der Waals surface area contributed by atoms with Crippen LogP contribution in [0.3, 0.4) is 0 Å². The van der Waals surface area contributed by atoms with Crippen LogP contribution in [0.1, 0.15) is 16.8 Å². The quantitative estimate of drug-likeness (QED) is 0.518. The van der Waals surface area contributed by atoms with Crippen LogP contribution < -0.4 is 14.2 Å². The summed E-state index contributed by atoms with van der Waals surface area (Å²) in [6.45, 7) is 5.16. The van der Waals surface area contributed by atoms with E-state index in [9.17, 15) is 9.59 Å². The predicted molar refractivity (Wildman–Crippen MR) is 140 cm³/mol. The Labute approximate surface area is 222 Å². The number of ether oxygens (including phenoxy) is 4. The molecule has 2 amide bonds. The zero-order valence-electron chi connectivity index (χ0n) is 21.4. The second-order valence-electron chi connectivity index (χ2n) is 9.09. The van der Waals surface area contributed by atoms with E-state index in [0.29, 0.717) is 67.2 Å². The number of hydrogen-bond acceptors (Lipinski definition) is 7. The zero-order valence-corrected chi connectivity index (χ0v) is 22.1. The largest absolute Gasteiger partial charge is 0.493 e. The van der Waals surface area contributed by atoms with Crippen LogP contribution in [0, 0.1) is 0 Å². The van der Waals surface area contributed by atoms with E-state index in [-0.39, 0.29) is 24.5 Å². The van der Waals surface area contributed by atoms with Crippen molar-refractivity contribution in [3.05, 3.63) is 53.1 Å². The minimum atomic E-state index is -0.0821. The van der Waals surface area contributed by atoms with E-state index in [1.807, 2.05) is 4.90 Å². The molecule has 4 rings (SSSR count). The number of halogens is 1. The Balaban J connectivity index is 1.26. The van der Waals surface area contributed by atoms with E-state index in [0.717, 1.165) is 19.5 Å². The van der Waals surface area contributed by atoms with Crippen molar-refractivity contribution in [2.45, 2.75) is 12.5 Å². The number of carbonyl (C=O) groups is 2. The third-order valence-electron chi connectivity index (χ3n) is 6.64. The van der Waals surface area contributed by atoms with E-state index in [1.54, 1.807) is 61.6 Å². The van der Waals surface area contributed by atoms with Gasteiger partial charge in [0, 0.05) is 49.9 Å². The summed E-state index contributed by atoms with van der Waals surface area (Å²) >= 11 is 5.90. The first kappa shape index (κ1) is 27.0. The van der Waals surface area contributed by atoms with E-state index >= 15 is 0 Å². The van der Waals surface area contributed by atoms with E-state index < -0.39 is 0 Å². The number of amides is 2. The summed E-state index contributed by atoms with van der Waals surface area (Å²) in [4.78, 5) is 31.8. The molecule has 2 heterocycles. The first-order valence-electron chi connectivity index (χ1n) is 12.5. The number of morpholine rings is 1. The minimum Gasteiger partial charge on any atom is -0.493 e. The van der Waals surface area contributed by atoms with Gasteiger partial charge in [-0.3, -0.25) is 14.5 Å². The first-order valence-corrected chi connectivity index (χ1v) is 12.9. The highest BCUT2D eigenvalue weighted by Gasteiger charge is 2.28. The van der Waals surface area contributed by atoms with Crippen LogP contribution in [-0.4, -0.2) is 106 Å². The van der Waals surface area contributed by atoms with Crippen LogP contribution in [-0.2, 0) is 9.53 Å². The average Bonchev–Trinajstić information content (AvgIpc) is 3.17. The minimum absolute atomic E-state index is 0.0193. The van der Waals surface area contributed by atoms with Crippen LogP contribution in [0.25, 0.3) is 0 Å². The fraction of sp³-hybridized carbons (Fsp3) is 0.481. The summed E-state index contributed by atoms with van der Waals surface area (Å²) in [5.41, 5.74) is 0.580. The molecule has 2 fully saturated rings. The maximum absolute atomic E-state index is 13.1. The molecular weight excluding hydrogens is 498 g/mol. The molecule has 2 aromatic carbocycles. The fourth-order valence-electron chi connectivity index (χ4n) is 4.62. The summed E-state index contributed by atoms with van der Waals surface area (Å²) in [7, 11) is 3.13. The van der Waals surface area contributed by atoms with Crippen molar-refractivity contribution < 1.29 is 28.5 Å². The highest BCUT2D eigenvalue weighted by Crippen LogP contribution is 2.28. The van der Waals surface area contributed by atoms with Gasteiger partial charge in [-0.2, -0.15) is 0 Å². The van der Waals surface area contributed by atoms with Crippen LogP contribution in [0.4, 0.5) is 0 Å². The lowest BCUT2D eigenvalue weighted by atomic mass is 10.1. The molecule has 2 aliphatic rings. The molecule has 0 aromatic heterocycles. The van der Waals surface area contributed by atoms with Gasteiger partial charge in [-0.25, -0.2) is 0 Å². The molecule has 37 heavy (non-hydrogen) atoms. The summed E-state index contributed by atoms with van der Waals surface area (Å²) in [6, 6.07) is 12.2. The van der Waals surface area contributed by atoms with Gasteiger partial charge in [0.1, 0.15) is 5.75 Å². The molecule has 9 nitrogen and oxygen atoms in total. The summed E-state index contributed by atoms with van der Waals surface area (Å²) in [5, 5.41) is 0.622. The molecule has 0 spiro atoms. The number of nitrogens with zero attached hydrogens (tertiary/aromatic N) is 3. The number of rotatable bonds is 8. The molecule has 0 saturated carbocycles. The zero-order chi connectivity index (χ0) is 26.2. The summed E-state index contributed by atoms with van der Waals surface area (Å²) in [5.74, 6) is 1.66. The van der Waals surface area contributed by atoms with Crippen molar-refractivity contribution in [2.24, 2.45) is 0 Å². The Morgan fingerprint density at radius 1 is 0.946 bits per heavy atom. The van der Waals surface area contributed by atoms with Gasteiger partial charge >= 0.3 is 0 Å². The molecule has 0 N–H and O–H groups in total. The Morgan fingerprint density at radius 2 is 1.73 bits per heavy atom. The molecule has 1 unspecified atom stereocenters. The van der Waals surface area contributed by atoms with Gasteiger partial charge in [0.15, 0.2) is 18.1 Å². The number of benzene rings is 2. The lowest BCUT2D eigenvalue weighted by Gasteiger charge is -2.35. The van der Waals surface area contributed by atoms with E-state index in [2.05, 4.69) is 4.90 Å². The molecule has 2 aliphatic heterocycles. The van der Waals surface area contributed by atoms with Crippen molar-refractivity contribution in [2.75, 3.05) is 73.2 Å². The van der Waals surface area contributed by atoms with Gasteiger partial charge in [0.2, 0.25) is 0 Å². The van der Waals surface area contributed by atoms with Crippen molar-refractivity contribution in [3.63, 3.8) is 0 Å². The average molecular weight is 532 g/mol. The van der Waals surface area contributed by atoms with Crippen molar-refractivity contribution >= 4 is 23.4 Å². The highest BCUT2D eigenvalue weighted by molar-refractivity contribution is 6.30. The third kappa shape index (κ3) is 7.28. The Bertz CT molecular complexity index is 1070. The highest BCUT2D eigenvalue weighted by atomic mass is 35.5. The standard InChI is InChI=1S/C27H34ClN3O6/c1-34-24-9-4-20(16-25(24)35-2)27(33)30-11-3-10-29(12-13-30)17-23-18-31(14-15-36-23)26(32)19-37-22-7-5-21(28)6-8-22/h4-9,16,23H,3,10-15,17-19H2,1-2H3. The number of hydrogen-bond donors (Lipinski definition) is 0. The van der Waals surface area contributed by atoms with E-state index in [1.165, 1.54) is 0 Å². The topological polar surface area (TPSA) is 80.8 Å². The van der Waals surface area contributed by atoms with Gasteiger partial charge in [0.25, 0.3) is 11.8 Å². The molecule has 1 atom stereocenters. The van der Waals surface area contributed by atoms with Crippen LogP contribution in [0.5, 0.6) is 17.2 Å². The first-order chi connectivity index (χ1) is 18.0. The lowest BCUT2D eigenvalue weighted by Crippen LogP contribution is -2.51. The lowest BCUT2D eigenvalue weighted by molar-refractivity contribution is -0.141. The molecule has 10 heteroatoms. The van der Waals surface area contributed by atoms with Gasteiger partial charge in [0.05, 0.1) is 26.9 Å². The van der Waals surface area contributed by atoms with Crippen molar-refractivity contribution in [1.82, 2.24) is 14.7 Å². The molecule has 2 aromatic rings. The van der Waals surface area contributed by atoms with Crippen molar-refractivity contribution in [1.29, 1.82) is 0 Å². The summed E-state index contributed by atoms with van der Waals surface area (Å²) in [6.07, 6.45) is 0.782. The van der Waals surface area contributed by atoms with Crippen LogP contribution in [0.2, 0.25) is 5.02 Å². The van der Waals surface area contributed by atoms with Gasteiger partial charge < -0.3 is 28.7 Å². The molecule has 200 valence electrons. The molecule has 0 aliphatic carbocycles. The maximum atomic E-state index is 13.1. The molecule has 2 saturated heterocycles. The third-order valence-corrected chi connectivity index (χ3v) is 6.89. The summed E-state index contributed by atoms with van der Waals surface area (Å²) < 4.78 is 22.2. The van der Waals surface area contributed by atoms with Crippen LogP contribution >= 0.6 is 11.6 Å². The van der Waals surface area contributed by atoms with Crippen LogP contribution in [0.15, 0.2) is 42.5 Å². The normalized spacial score (nSPS) is 18.7. The van der Waals surface area contributed by atoms with Gasteiger partial charge in [-0.05, 0) is 55.4 Å².